The van der Waals surface area contributed by atoms with E-state index in [4.69, 9.17) is 16.6 Å². The molecule has 9 nitrogen and oxygen atoms in total. The minimum Gasteiger partial charge on any atom is -0.480 e. The van der Waals surface area contributed by atoms with Gasteiger partial charge in [-0.05, 0) is 0 Å². The fourth-order valence-corrected chi connectivity index (χ4v) is 1.18. The van der Waals surface area contributed by atoms with E-state index in [-0.39, 0.29) is 18.5 Å². The fraction of sp³-hybridized carbons (Fsp3) is 0.444. The van der Waals surface area contributed by atoms with Crippen molar-refractivity contribution in [3.63, 3.8) is 0 Å². The lowest BCUT2D eigenvalue weighted by Crippen LogP contribution is -2.48. The Morgan fingerprint density at radius 2 is 2.11 bits per heavy atom. The summed E-state index contributed by atoms with van der Waals surface area (Å²) in [6.07, 6.45) is 1.29. The topological polar surface area (TPSA) is 164 Å². The number of aliphatic carboxylic acids is 1. The molecule has 1 aromatic rings. The summed E-state index contributed by atoms with van der Waals surface area (Å²) in [5.41, 5.74) is 10.4. The zero-order valence-corrected chi connectivity index (χ0v) is 9.38. The number of hydrogen-bond donors (Lipinski definition) is 5. The van der Waals surface area contributed by atoms with Gasteiger partial charge in [0, 0.05) is 19.2 Å². The third-order valence-electron chi connectivity index (χ3n) is 2.24. The van der Waals surface area contributed by atoms with Crippen LogP contribution in [0, 0.1) is 0 Å². The average Bonchev–Trinajstić information content (AvgIpc) is 2.71. The molecule has 1 aromatic heterocycles. The Morgan fingerprint density at radius 1 is 1.44 bits per heavy atom. The van der Waals surface area contributed by atoms with Crippen LogP contribution in [-0.2, 0) is 16.0 Å². The second kappa shape index (κ2) is 5.98. The first-order valence-electron chi connectivity index (χ1n) is 5.09. The summed E-state index contributed by atoms with van der Waals surface area (Å²) in [6.45, 7) is -0.233. The maximum atomic E-state index is 11.5. The zero-order chi connectivity index (χ0) is 13.7. The van der Waals surface area contributed by atoms with Crippen LogP contribution in [0.4, 0.5) is 0 Å². The molecule has 0 aromatic carbocycles. The monoisotopic (exact) mass is 258 g/mol. The highest BCUT2D eigenvalue weighted by Gasteiger charge is 2.19. The molecule has 0 aliphatic carbocycles. The predicted molar refractivity (Wildman–Crippen MR) is 59.6 cm³/mol. The molecule has 0 aliphatic heterocycles. The van der Waals surface area contributed by atoms with Gasteiger partial charge in [-0.2, -0.15) is 0 Å². The van der Waals surface area contributed by atoms with Crippen molar-refractivity contribution in [3.8, 4) is 0 Å². The first kappa shape index (κ1) is 13.9. The summed E-state index contributed by atoms with van der Waals surface area (Å²) in [7, 11) is 0. The number of hydrogen-bond acceptors (Lipinski definition) is 6. The molecule has 18 heavy (non-hydrogen) atoms. The molecule has 1 heterocycles. The Labute approximate surface area is 101 Å². The lowest BCUT2D eigenvalue weighted by Gasteiger charge is -2.12. The van der Waals surface area contributed by atoms with E-state index in [9.17, 15) is 14.4 Å². The number of carbonyl (C=O) groups excluding carboxylic acids is 1. The van der Waals surface area contributed by atoms with Crippen LogP contribution in [0.1, 0.15) is 5.56 Å². The summed E-state index contributed by atoms with van der Waals surface area (Å²) >= 11 is 0. The fourth-order valence-electron chi connectivity index (χ4n) is 1.18. The van der Waals surface area contributed by atoms with Crippen molar-refractivity contribution >= 4 is 11.9 Å². The molecular formula is C9H14N4O5. The number of aromatic amines is 1. The second-order valence-corrected chi connectivity index (χ2v) is 3.68. The molecule has 9 heteroatoms. The maximum Gasteiger partial charge on any atom is 0.360 e. The van der Waals surface area contributed by atoms with E-state index in [1.54, 1.807) is 0 Å². The van der Waals surface area contributed by atoms with Crippen LogP contribution in [0.25, 0.3) is 0 Å². The van der Waals surface area contributed by atoms with Crippen molar-refractivity contribution in [1.29, 1.82) is 0 Å². The van der Waals surface area contributed by atoms with E-state index >= 15 is 0 Å². The number of aromatic nitrogens is 1. The molecule has 0 unspecified atom stereocenters. The zero-order valence-electron chi connectivity index (χ0n) is 9.38. The van der Waals surface area contributed by atoms with E-state index in [1.807, 2.05) is 0 Å². The molecule has 0 bridgehead atoms. The van der Waals surface area contributed by atoms with Gasteiger partial charge in [0.15, 0.2) is 0 Å². The summed E-state index contributed by atoms with van der Waals surface area (Å²) in [4.78, 5) is 32.9. The Morgan fingerprint density at radius 3 is 2.61 bits per heavy atom. The quantitative estimate of drug-likeness (QED) is 0.372. The molecule has 0 saturated heterocycles. The molecule has 7 N–H and O–H groups in total. The first-order chi connectivity index (χ1) is 8.41. The minimum absolute atomic E-state index is 0.0139. The molecule has 1 rings (SSSR count). The highest BCUT2D eigenvalue weighted by atomic mass is 16.5. The van der Waals surface area contributed by atoms with E-state index in [0.717, 1.165) is 0 Å². The van der Waals surface area contributed by atoms with Gasteiger partial charge in [0.2, 0.25) is 5.91 Å². The van der Waals surface area contributed by atoms with Gasteiger partial charge in [-0.3, -0.25) is 9.59 Å². The van der Waals surface area contributed by atoms with Crippen molar-refractivity contribution in [2.45, 2.75) is 18.5 Å². The van der Waals surface area contributed by atoms with E-state index in [1.165, 1.54) is 6.20 Å². The SMILES string of the molecule is N[C@@H](CNC(=O)[C@@H](N)Cc1c[nH]oc1=O)C(=O)O. The van der Waals surface area contributed by atoms with Gasteiger partial charge < -0.3 is 26.4 Å². The Kier molecular flexibility index (Phi) is 4.63. The normalized spacial score (nSPS) is 13.9. The van der Waals surface area contributed by atoms with Gasteiger partial charge in [0.1, 0.15) is 6.04 Å². The summed E-state index contributed by atoms with van der Waals surface area (Å²) < 4.78 is 4.41. The van der Waals surface area contributed by atoms with Crippen LogP contribution in [0.5, 0.6) is 0 Å². The first-order valence-corrected chi connectivity index (χ1v) is 5.09. The second-order valence-electron chi connectivity index (χ2n) is 3.68. The van der Waals surface area contributed by atoms with Crippen LogP contribution in [-0.4, -0.2) is 40.8 Å². The number of amides is 1. The number of H-pyrrole nitrogens is 1. The largest absolute Gasteiger partial charge is 0.480 e. The van der Waals surface area contributed by atoms with Crippen LogP contribution in [0.2, 0.25) is 0 Å². The number of nitrogens with one attached hydrogen (secondary N) is 2. The van der Waals surface area contributed by atoms with Gasteiger partial charge in [-0.1, -0.05) is 0 Å². The lowest BCUT2D eigenvalue weighted by atomic mass is 10.1. The molecule has 0 saturated carbocycles. The molecule has 0 aliphatic rings. The van der Waals surface area contributed by atoms with Gasteiger partial charge in [-0.25, -0.2) is 9.95 Å². The third-order valence-corrected chi connectivity index (χ3v) is 2.24. The summed E-state index contributed by atoms with van der Waals surface area (Å²) in [6, 6.07) is -2.18. The maximum absolute atomic E-state index is 11.5. The number of rotatable bonds is 6. The van der Waals surface area contributed by atoms with E-state index in [2.05, 4.69) is 15.0 Å². The molecule has 1 amide bonds. The van der Waals surface area contributed by atoms with Gasteiger partial charge in [-0.15, -0.1) is 0 Å². The van der Waals surface area contributed by atoms with Crippen molar-refractivity contribution in [2.24, 2.45) is 11.5 Å². The number of carboxylic acids is 1. The highest BCUT2D eigenvalue weighted by molar-refractivity contribution is 5.82. The van der Waals surface area contributed by atoms with E-state index < -0.39 is 29.6 Å². The van der Waals surface area contributed by atoms with Crippen molar-refractivity contribution < 1.29 is 19.2 Å². The van der Waals surface area contributed by atoms with Gasteiger partial charge in [0.25, 0.3) is 0 Å². The Hall–Kier alpha value is -2.13. The van der Waals surface area contributed by atoms with Crippen molar-refractivity contribution in [2.75, 3.05) is 6.54 Å². The highest BCUT2D eigenvalue weighted by Crippen LogP contribution is 1.95. The van der Waals surface area contributed by atoms with Crippen molar-refractivity contribution in [1.82, 2.24) is 10.5 Å². The van der Waals surface area contributed by atoms with Gasteiger partial charge >= 0.3 is 11.6 Å². The minimum atomic E-state index is -1.23. The average molecular weight is 258 g/mol. The molecular weight excluding hydrogens is 244 g/mol. The lowest BCUT2D eigenvalue weighted by molar-refractivity contribution is -0.138. The smallest absolute Gasteiger partial charge is 0.360 e. The van der Waals surface area contributed by atoms with Crippen LogP contribution in [0.3, 0.4) is 0 Å². The Balaban J connectivity index is 2.45. The third kappa shape index (κ3) is 3.71. The number of carbonyl (C=O) groups is 2. The molecule has 0 fully saturated rings. The standard InChI is InChI=1S/C9H14N4O5/c10-5(1-4-2-13-18-9(4)17)7(14)12-3-6(11)8(15)16/h2,5-6,13H,1,3,10-11H2,(H,12,14)(H,15,16)/t5-,6-/m0/s1. The predicted octanol–water partition coefficient (Wildman–Crippen LogP) is -2.63. The number of carboxylic acid groups (broad SMARTS) is 1. The van der Waals surface area contributed by atoms with E-state index in [0.29, 0.717) is 0 Å². The van der Waals surface area contributed by atoms with Crippen molar-refractivity contribution in [3.05, 3.63) is 22.2 Å². The molecule has 100 valence electrons. The number of nitrogens with two attached hydrogens (primary N) is 2. The van der Waals surface area contributed by atoms with Gasteiger partial charge in [0.05, 0.1) is 11.6 Å². The summed E-state index contributed by atoms with van der Waals surface area (Å²) in [5, 5.41) is 13.0. The molecule has 2 atom stereocenters. The molecule has 0 radical (unpaired) electrons. The molecule has 0 spiro atoms. The van der Waals surface area contributed by atoms with Crippen LogP contribution < -0.4 is 22.4 Å². The Bertz CT molecular complexity index is 479. The van der Waals surface area contributed by atoms with Crippen LogP contribution in [0.15, 0.2) is 15.5 Å². The summed E-state index contributed by atoms with van der Waals surface area (Å²) in [5.74, 6) is -1.82. The van der Waals surface area contributed by atoms with Crippen LogP contribution >= 0.6 is 0 Å².